The monoisotopic (exact) mass is 576 g/mol. The number of primary sulfonamides is 1. The van der Waals surface area contributed by atoms with Gasteiger partial charge in [0, 0.05) is 37.5 Å². The van der Waals surface area contributed by atoms with Crippen molar-refractivity contribution in [3.8, 4) is 22.6 Å². The van der Waals surface area contributed by atoms with Crippen LogP contribution in [0.4, 0.5) is 0 Å². The predicted octanol–water partition coefficient (Wildman–Crippen LogP) is 5.84. The molecule has 0 radical (unpaired) electrons. The highest BCUT2D eigenvalue weighted by molar-refractivity contribution is 7.89. The van der Waals surface area contributed by atoms with Gasteiger partial charge in [-0.25, -0.2) is 18.5 Å². The van der Waals surface area contributed by atoms with Crippen molar-refractivity contribution in [3.05, 3.63) is 95.9 Å². The van der Waals surface area contributed by atoms with Gasteiger partial charge < -0.3 is 18.6 Å². The zero-order valence-corrected chi connectivity index (χ0v) is 24.4. The Bertz CT molecular complexity index is 1560. The summed E-state index contributed by atoms with van der Waals surface area (Å²) in [6, 6.07) is 24.4. The summed E-state index contributed by atoms with van der Waals surface area (Å²) < 4.78 is 47.6. The molecule has 9 heteroatoms. The number of oxazole rings is 1. The van der Waals surface area contributed by atoms with Gasteiger partial charge in [0.2, 0.25) is 10.0 Å². The minimum Gasteiger partial charge on any atom is -0.440 e. The number of benzene rings is 3. The second-order valence-electron chi connectivity index (χ2n) is 10.6. The van der Waals surface area contributed by atoms with Crippen LogP contribution in [0.15, 0.2) is 88.2 Å². The molecule has 5 rings (SSSR count). The molecule has 0 aliphatic carbocycles. The molecular formula is C32H36N2O6S. The Morgan fingerprint density at radius 3 is 2.32 bits per heavy atom. The van der Waals surface area contributed by atoms with Crippen molar-refractivity contribution in [2.45, 2.75) is 62.4 Å². The lowest BCUT2D eigenvalue weighted by Gasteiger charge is -2.42. The number of methoxy groups -OCH3 is 1. The lowest BCUT2D eigenvalue weighted by Crippen LogP contribution is -2.42. The van der Waals surface area contributed by atoms with E-state index in [0.717, 1.165) is 29.5 Å². The standard InChI is InChI=1S/C32H36N2O6S/c1-22-19-32(37-3,20-23(2)39-22)27-11-7-8-24(18-27)21-38-17-16-29-34-30(25-9-5-4-6-10-25)31(40-29)26-12-14-28(15-13-26)41(33,35)36/h4-15,18,22-23H,16-17,19-21H2,1-3H3,(H2,33,35,36). The molecule has 2 atom stereocenters. The Kier molecular flexibility index (Phi) is 8.72. The van der Waals surface area contributed by atoms with Crippen molar-refractivity contribution in [1.29, 1.82) is 0 Å². The first kappa shape index (κ1) is 29.2. The van der Waals surface area contributed by atoms with Crippen LogP contribution in [-0.4, -0.2) is 39.3 Å². The first-order valence-corrected chi connectivity index (χ1v) is 15.3. The van der Waals surface area contributed by atoms with Crippen molar-refractivity contribution in [2.75, 3.05) is 13.7 Å². The van der Waals surface area contributed by atoms with E-state index in [2.05, 4.69) is 32.0 Å². The van der Waals surface area contributed by atoms with Gasteiger partial charge in [-0.3, -0.25) is 0 Å². The summed E-state index contributed by atoms with van der Waals surface area (Å²) in [5.41, 5.74) is 4.12. The fourth-order valence-electron chi connectivity index (χ4n) is 5.57. The molecule has 1 aliphatic heterocycles. The highest BCUT2D eigenvalue weighted by Gasteiger charge is 2.40. The van der Waals surface area contributed by atoms with Gasteiger partial charge in [-0.1, -0.05) is 54.6 Å². The average Bonchev–Trinajstić information content (AvgIpc) is 3.39. The number of hydrogen-bond acceptors (Lipinski definition) is 7. The zero-order valence-electron chi connectivity index (χ0n) is 23.6. The lowest BCUT2D eigenvalue weighted by molar-refractivity contribution is -0.152. The maximum absolute atomic E-state index is 11.7. The Hall–Kier alpha value is -3.34. The smallest absolute Gasteiger partial charge is 0.238 e. The van der Waals surface area contributed by atoms with Crippen LogP contribution in [-0.2, 0) is 42.9 Å². The number of aromatic nitrogens is 1. The van der Waals surface area contributed by atoms with Gasteiger partial charge >= 0.3 is 0 Å². The molecule has 2 unspecified atom stereocenters. The summed E-state index contributed by atoms with van der Waals surface area (Å²) in [7, 11) is -2.02. The summed E-state index contributed by atoms with van der Waals surface area (Å²) in [6.45, 7) is 5.05. The third kappa shape index (κ3) is 6.77. The van der Waals surface area contributed by atoms with Crippen molar-refractivity contribution in [1.82, 2.24) is 4.98 Å². The number of rotatable bonds is 10. The molecule has 3 aromatic carbocycles. The molecule has 8 nitrogen and oxygen atoms in total. The minimum absolute atomic E-state index is 0.0389. The van der Waals surface area contributed by atoms with Crippen LogP contribution >= 0.6 is 0 Å². The first-order valence-electron chi connectivity index (χ1n) is 13.7. The summed E-state index contributed by atoms with van der Waals surface area (Å²) >= 11 is 0. The summed E-state index contributed by atoms with van der Waals surface area (Å²) in [5, 5.41) is 5.26. The van der Waals surface area contributed by atoms with E-state index in [1.807, 2.05) is 36.4 Å². The number of hydrogen-bond donors (Lipinski definition) is 1. The molecule has 4 aromatic rings. The van der Waals surface area contributed by atoms with E-state index in [1.54, 1.807) is 19.2 Å². The van der Waals surface area contributed by atoms with Crippen molar-refractivity contribution in [2.24, 2.45) is 5.14 Å². The maximum atomic E-state index is 11.7. The molecule has 0 amide bonds. The molecule has 1 aliphatic rings. The number of nitrogens with zero attached hydrogens (tertiary/aromatic N) is 1. The summed E-state index contributed by atoms with van der Waals surface area (Å²) in [6.07, 6.45) is 2.33. The third-order valence-electron chi connectivity index (χ3n) is 7.44. The molecule has 1 aromatic heterocycles. The number of sulfonamides is 1. The Balaban J connectivity index is 1.29. The van der Waals surface area contributed by atoms with Crippen LogP contribution in [0.2, 0.25) is 0 Å². The summed E-state index contributed by atoms with van der Waals surface area (Å²) in [4.78, 5) is 4.80. The van der Waals surface area contributed by atoms with Crippen LogP contribution < -0.4 is 5.14 Å². The lowest BCUT2D eigenvalue weighted by atomic mass is 9.81. The van der Waals surface area contributed by atoms with E-state index in [1.165, 1.54) is 12.1 Å². The second kappa shape index (κ2) is 12.3. The van der Waals surface area contributed by atoms with Crippen LogP contribution in [0.25, 0.3) is 22.6 Å². The van der Waals surface area contributed by atoms with Gasteiger partial charge in [0.15, 0.2) is 11.7 Å². The van der Waals surface area contributed by atoms with Gasteiger partial charge in [0.05, 0.1) is 35.9 Å². The van der Waals surface area contributed by atoms with Gasteiger partial charge in [0.25, 0.3) is 0 Å². The second-order valence-corrected chi connectivity index (χ2v) is 12.1. The van der Waals surface area contributed by atoms with Gasteiger partial charge in [-0.2, -0.15) is 0 Å². The molecule has 1 fully saturated rings. The predicted molar refractivity (Wildman–Crippen MR) is 156 cm³/mol. The molecule has 1 saturated heterocycles. The largest absolute Gasteiger partial charge is 0.440 e. The SMILES string of the molecule is COC1(c2cccc(COCCc3nc(-c4ccccc4)c(-c4ccc(S(N)(=O)=O)cc4)o3)c2)CC(C)OC(C)C1. The average molecular weight is 577 g/mol. The quantitative estimate of drug-likeness (QED) is 0.236. The van der Waals surface area contributed by atoms with E-state index in [-0.39, 0.29) is 22.7 Å². The molecule has 2 N–H and O–H groups in total. The highest BCUT2D eigenvalue weighted by atomic mass is 32.2. The van der Waals surface area contributed by atoms with E-state index in [4.69, 9.17) is 28.8 Å². The highest BCUT2D eigenvalue weighted by Crippen LogP contribution is 2.40. The topological polar surface area (TPSA) is 114 Å². The fourth-order valence-corrected chi connectivity index (χ4v) is 6.09. The molecule has 41 heavy (non-hydrogen) atoms. The van der Waals surface area contributed by atoms with Gasteiger partial charge in [0.1, 0.15) is 5.69 Å². The zero-order chi connectivity index (χ0) is 29.0. The molecule has 216 valence electrons. The van der Waals surface area contributed by atoms with Gasteiger partial charge in [-0.05, 0) is 49.2 Å². The third-order valence-corrected chi connectivity index (χ3v) is 8.36. The molecule has 0 saturated carbocycles. The molecule has 0 spiro atoms. The first-order chi connectivity index (χ1) is 19.7. The number of nitrogens with two attached hydrogens (primary N) is 1. The van der Waals surface area contributed by atoms with Crippen LogP contribution in [0, 0.1) is 0 Å². The summed E-state index contributed by atoms with van der Waals surface area (Å²) in [5.74, 6) is 1.09. The van der Waals surface area contributed by atoms with E-state index < -0.39 is 10.0 Å². The van der Waals surface area contributed by atoms with E-state index in [0.29, 0.717) is 42.5 Å². The molecule has 2 heterocycles. The Labute approximate surface area is 241 Å². The number of ether oxygens (including phenoxy) is 3. The Morgan fingerprint density at radius 1 is 0.951 bits per heavy atom. The maximum Gasteiger partial charge on any atom is 0.238 e. The van der Waals surface area contributed by atoms with Crippen LogP contribution in [0.5, 0.6) is 0 Å². The van der Waals surface area contributed by atoms with E-state index >= 15 is 0 Å². The van der Waals surface area contributed by atoms with Crippen molar-refractivity contribution >= 4 is 10.0 Å². The van der Waals surface area contributed by atoms with Crippen LogP contribution in [0.1, 0.15) is 43.7 Å². The fraction of sp³-hybridized carbons (Fsp3) is 0.344. The molecule has 0 bridgehead atoms. The minimum atomic E-state index is -3.79. The van der Waals surface area contributed by atoms with E-state index in [9.17, 15) is 8.42 Å². The molecular weight excluding hydrogens is 540 g/mol. The van der Waals surface area contributed by atoms with Crippen LogP contribution in [0.3, 0.4) is 0 Å². The van der Waals surface area contributed by atoms with Crippen molar-refractivity contribution in [3.63, 3.8) is 0 Å². The Morgan fingerprint density at radius 2 is 1.66 bits per heavy atom. The normalized spacial score (nSPS) is 21.2. The van der Waals surface area contributed by atoms with Crippen molar-refractivity contribution < 1.29 is 27.0 Å². The van der Waals surface area contributed by atoms with Gasteiger partial charge in [-0.15, -0.1) is 0 Å².